The topological polar surface area (TPSA) is 61.8 Å². The number of carbonyl (C=O) groups is 1. The Balaban J connectivity index is 2.40. The number of halogens is 2. The van der Waals surface area contributed by atoms with Crippen LogP contribution in [0.4, 0.5) is 13.6 Å². The van der Waals surface area contributed by atoms with Crippen molar-refractivity contribution in [2.75, 3.05) is 19.7 Å². The summed E-state index contributed by atoms with van der Waals surface area (Å²) in [6, 6.07) is 2.63. The van der Waals surface area contributed by atoms with Gasteiger partial charge in [0.05, 0.1) is 12.6 Å². The number of aliphatic hydroxyl groups is 1. The lowest BCUT2D eigenvalue weighted by molar-refractivity contribution is 0.118. The van der Waals surface area contributed by atoms with Gasteiger partial charge < -0.3 is 20.1 Å². The van der Waals surface area contributed by atoms with E-state index >= 15 is 0 Å². The van der Waals surface area contributed by atoms with Crippen LogP contribution in [0.3, 0.4) is 0 Å². The molecule has 1 aromatic rings. The summed E-state index contributed by atoms with van der Waals surface area (Å²) < 4.78 is 31.2. The number of nitrogens with zero attached hydrogens (tertiary/aromatic N) is 1. The number of carbonyl (C=O) groups excluding carboxylic acids is 1. The smallest absolute Gasteiger partial charge is 0.317 e. The molecule has 2 amide bonds. The van der Waals surface area contributed by atoms with Crippen molar-refractivity contribution in [1.29, 1.82) is 0 Å². The molecule has 0 saturated heterocycles. The van der Waals surface area contributed by atoms with Crippen LogP contribution in [-0.2, 0) is 0 Å². The normalized spacial score (nSPS) is 12.1. The summed E-state index contributed by atoms with van der Waals surface area (Å²) >= 11 is 0. The van der Waals surface area contributed by atoms with E-state index in [0.717, 1.165) is 12.1 Å². The molecule has 22 heavy (non-hydrogen) atoms. The first-order chi connectivity index (χ1) is 10.3. The number of amides is 2. The zero-order valence-corrected chi connectivity index (χ0v) is 13.0. The Kier molecular flexibility index (Phi) is 7.04. The number of nitrogens with one attached hydrogen (secondary N) is 1. The van der Waals surface area contributed by atoms with Crippen molar-refractivity contribution in [3.8, 4) is 5.75 Å². The van der Waals surface area contributed by atoms with Crippen molar-refractivity contribution in [3.05, 3.63) is 29.8 Å². The molecule has 2 N–H and O–H groups in total. The highest BCUT2D eigenvalue weighted by Crippen LogP contribution is 2.17. The van der Waals surface area contributed by atoms with Gasteiger partial charge in [0.15, 0.2) is 11.6 Å². The second-order valence-corrected chi connectivity index (χ2v) is 5.25. The van der Waals surface area contributed by atoms with Crippen LogP contribution in [0.2, 0.25) is 0 Å². The average Bonchev–Trinajstić information content (AvgIpc) is 2.42. The molecule has 0 aliphatic heterocycles. The summed E-state index contributed by atoms with van der Waals surface area (Å²) in [7, 11) is 0. The van der Waals surface area contributed by atoms with E-state index in [-0.39, 0.29) is 37.5 Å². The third-order valence-electron chi connectivity index (χ3n) is 2.87. The lowest BCUT2D eigenvalue weighted by atomic mass is 10.3. The van der Waals surface area contributed by atoms with Gasteiger partial charge in [-0.3, -0.25) is 0 Å². The minimum Gasteiger partial charge on any atom is -0.489 e. The Hall–Kier alpha value is -1.89. The first-order valence-corrected chi connectivity index (χ1v) is 7.11. The van der Waals surface area contributed by atoms with Crippen molar-refractivity contribution >= 4 is 6.03 Å². The molecule has 1 atom stereocenters. The van der Waals surface area contributed by atoms with Gasteiger partial charge in [0.1, 0.15) is 12.4 Å². The fourth-order valence-electron chi connectivity index (χ4n) is 1.83. The molecule has 0 fully saturated rings. The zero-order valence-electron chi connectivity index (χ0n) is 13.0. The molecule has 5 nitrogen and oxygen atoms in total. The highest BCUT2D eigenvalue weighted by molar-refractivity contribution is 5.74. The van der Waals surface area contributed by atoms with Gasteiger partial charge in [-0.05, 0) is 32.9 Å². The van der Waals surface area contributed by atoms with Crippen molar-refractivity contribution in [1.82, 2.24) is 10.2 Å². The van der Waals surface area contributed by atoms with Gasteiger partial charge in [-0.1, -0.05) is 0 Å². The molecular formula is C15H22F2N2O3. The maximum absolute atomic E-state index is 13.3. The minimum atomic E-state index is -0.788. The van der Waals surface area contributed by atoms with Crippen LogP contribution >= 0.6 is 0 Å². The van der Waals surface area contributed by atoms with Crippen LogP contribution < -0.4 is 10.1 Å². The summed E-state index contributed by atoms with van der Waals surface area (Å²) in [5.74, 6) is -1.53. The van der Waals surface area contributed by atoms with E-state index in [1.165, 1.54) is 11.0 Å². The maximum atomic E-state index is 13.3. The SMILES string of the molecule is CC(O)CN(C(=O)NCCOc1ccc(F)cc1F)C(C)C. The Morgan fingerprint density at radius 1 is 1.36 bits per heavy atom. The van der Waals surface area contributed by atoms with Gasteiger partial charge >= 0.3 is 6.03 Å². The van der Waals surface area contributed by atoms with Gasteiger partial charge in [0.2, 0.25) is 0 Å². The summed E-state index contributed by atoms with van der Waals surface area (Å²) in [5.41, 5.74) is 0. The van der Waals surface area contributed by atoms with Gasteiger partial charge in [0, 0.05) is 18.7 Å². The Morgan fingerprint density at radius 2 is 2.05 bits per heavy atom. The van der Waals surface area contributed by atoms with Gasteiger partial charge in [-0.15, -0.1) is 0 Å². The molecule has 0 bridgehead atoms. The lowest BCUT2D eigenvalue weighted by Gasteiger charge is -2.28. The van der Waals surface area contributed by atoms with Gasteiger partial charge in [-0.25, -0.2) is 13.6 Å². The number of benzene rings is 1. The number of rotatable bonds is 7. The van der Waals surface area contributed by atoms with E-state index in [1.54, 1.807) is 6.92 Å². The van der Waals surface area contributed by atoms with Crippen molar-refractivity contribution in [2.24, 2.45) is 0 Å². The highest BCUT2D eigenvalue weighted by Gasteiger charge is 2.18. The van der Waals surface area contributed by atoms with Crippen LogP contribution in [0, 0.1) is 11.6 Å². The number of hydrogen-bond donors (Lipinski definition) is 2. The summed E-state index contributed by atoms with van der Waals surface area (Å²) in [6.45, 7) is 5.71. The molecule has 0 aliphatic carbocycles. The van der Waals surface area contributed by atoms with E-state index in [4.69, 9.17) is 4.74 Å². The van der Waals surface area contributed by atoms with Crippen molar-refractivity contribution < 1.29 is 23.4 Å². The monoisotopic (exact) mass is 316 g/mol. The molecule has 0 heterocycles. The molecule has 0 radical (unpaired) electrons. The summed E-state index contributed by atoms with van der Waals surface area (Å²) in [4.78, 5) is 13.5. The Bertz CT molecular complexity index is 496. The quantitative estimate of drug-likeness (QED) is 0.758. The largest absolute Gasteiger partial charge is 0.489 e. The number of hydrogen-bond acceptors (Lipinski definition) is 3. The van der Waals surface area contributed by atoms with E-state index < -0.39 is 17.7 Å². The maximum Gasteiger partial charge on any atom is 0.317 e. The Morgan fingerprint density at radius 3 is 2.59 bits per heavy atom. The molecule has 0 spiro atoms. The number of aliphatic hydroxyl groups excluding tert-OH is 1. The molecule has 0 saturated carbocycles. The van der Waals surface area contributed by atoms with Crippen molar-refractivity contribution in [3.63, 3.8) is 0 Å². The third kappa shape index (κ3) is 5.85. The lowest BCUT2D eigenvalue weighted by Crippen LogP contribution is -2.47. The van der Waals surface area contributed by atoms with Gasteiger partial charge in [0.25, 0.3) is 0 Å². The van der Waals surface area contributed by atoms with E-state index in [1.807, 2.05) is 13.8 Å². The molecule has 0 aliphatic rings. The van der Waals surface area contributed by atoms with Crippen LogP contribution in [0.1, 0.15) is 20.8 Å². The summed E-state index contributed by atoms with van der Waals surface area (Å²) in [5, 5.41) is 12.0. The van der Waals surface area contributed by atoms with Crippen LogP contribution in [0.15, 0.2) is 18.2 Å². The molecule has 0 aromatic heterocycles. The van der Waals surface area contributed by atoms with Crippen LogP contribution in [-0.4, -0.2) is 47.9 Å². The van der Waals surface area contributed by atoms with Crippen LogP contribution in [0.25, 0.3) is 0 Å². The minimum absolute atomic E-state index is 0.0505. The predicted molar refractivity (Wildman–Crippen MR) is 78.8 cm³/mol. The summed E-state index contributed by atoms with van der Waals surface area (Å²) in [6.07, 6.45) is -0.627. The fraction of sp³-hybridized carbons (Fsp3) is 0.533. The average molecular weight is 316 g/mol. The molecule has 7 heteroatoms. The first kappa shape index (κ1) is 18.2. The predicted octanol–water partition coefficient (Wildman–Crippen LogP) is 2.14. The zero-order chi connectivity index (χ0) is 16.7. The second kappa shape index (κ2) is 8.53. The molecular weight excluding hydrogens is 294 g/mol. The highest BCUT2D eigenvalue weighted by atomic mass is 19.1. The number of ether oxygens (including phenoxy) is 1. The molecule has 1 unspecified atom stereocenters. The molecule has 124 valence electrons. The second-order valence-electron chi connectivity index (χ2n) is 5.25. The first-order valence-electron chi connectivity index (χ1n) is 7.11. The van der Waals surface area contributed by atoms with Crippen LogP contribution in [0.5, 0.6) is 5.75 Å². The van der Waals surface area contributed by atoms with E-state index in [2.05, 4.69) is 5.32 Å². The number of urea groups is 1. The molecule has 1 aromatic carbocycles. The fourth-order valence-corrected chi connectivity index (χ4v) is 1.83. The van der Waals surface area contributed by atoms with Crippen molar-refractivity contribution in [2.45, 2.75) is 32.9 Å². The Labute approximate surface area is 128 Å². The van der Waals surface area contributed by atoms with E-state index in [9.17, 15) is 18.7 Å². The van der Waals surface area contributed by atoms with Gasteiger partial charge in [-0.2, -0.15) is 0 Å². The molecule has 1 rings (SSSR count). The third-order valence-corrected chi connectivity index (χ3v) is 2.87. The standard InChI is InChI=1S/C15H22F2N2O3/c1-10(2)19(9-11(3)20)15(21)18-6-7-22-14-5-4-12(16)8-13(14)17/h4-5,8,10-11,20H,6-7,9H2,1-3H3,(H,18,21). The van der Waals surface area contributed by atoms with E-state index in [0.29, 0.717) is 0 Å².